The van der Waals surface area contributed by atoms with Crippen molar-refractivity contribution in [1.82, 2.24) is 4.57 Å². The fourth-order valence-electron chi connectivity index (χ4n) is 6.35. The van der Waals surface area contributed by atoms with Gasteiger partial charge in [-0.3, -0.25) is 0 Å². The Kier molecular flexibility index (Phi) is 6.51. The SMILES string of the molecule is c1ccc(-c2ccccc2N(c2ccccc2)c2ccc(-c3ccc4c(c3)c3ccccc3n4-c3ccccc3)cc2)cc1. The summed E-state index contributed by atoms with van der Waals surface area (Å²) in [6, 6.07) is 65.0. The fourth-order valence-corrected chi connectivity index (χ4v) is 6.35. The van der Waals surface area contributed by atoms with Crippen LogP contribution in [0.15, 0.2) is 182 Å². The van der Waals surface area contributed by atoms with Crippen molar-refractivity contribution in [2.24, 2.45) is 0 Å². The van der Waals surface area contributed by atoms with Crippen LogP contribution in [0.25, 0.3) is 49.7 Å². The smallest absolute Gasteiger partial charge is 0.0541 e. The zero-order valence-electron chi connectivity index (χ0n) is 24.2. The first kappa shape index (κ1) is 25.8. The van der Waals surface area contributed by atoms with E-state index in [2.05, 4.69) is 191 Å². The van der Waals surface area contributed by atoms with Gasteiger partial charge in [-0.15, -0.1) is 0 Å². The summed E-state index contributed by atoms with van der Waals surface area (Å²) in [6.45, 7) is 0. The van der Waals surface area contributed by atoms with Crippen molar-refractivity contribution in [3.05, 3.63) is 182 Å². The molecular formula is C42H30N2. The molecule has 0 aliphatic heterocycles. The van der Waals surface area contributed by atoms with Crippen molar-refractivity contribution in [2.45, 2.75) is 0 Å². The molecule has 0 bridgehead atoms. The predicted molar refractivity (Wildman–Crippen MR) is 186 cm³/mol. The number of hydrogen-bond acceptors (Lipinski definition) is 1. The second-order valence-electron chi connectivity index (χ2n) is 11.0. The number of aromatic nitrogens is 1. The number of para-hydroxylation sites is 4. The lowest BCUT2D eigenvalue weighted by molar-refractivity contribution is 1.18. The van der Waals surface area contributed by atoms with Crippen molar-refractivity contribution in [2.75, 3.05) is 4.90 Å². The third kappa shape index (κ3) is 4.54. The minimum Gasteiger partial charge on any atom is -0.310 e. The molecule has 0 aliphatic carbocycles. The molecule has 0 radical (unpaired) electrons. The molecule has 44 heavy (non-hydrogen) atoms. The van der Waals surface area contributed by atoms with Crippen LogP contribution in [0, 0.1) is 0 Å². The van der Waals surface area contributed by atoms with Gasteiger partial charge in [0.05, 0.1) is 16.7 Å². The highest BCUT2D eigenvalue weighted by molar-refractivity contribution is 6.10. The van der Waals surface area contributed by atoms with E-state index in [-0.39, 0.29) is 0 Å². The van der Waals surface area contributed by atoms with Crippen molar-refractivity contribution < 1.29 is 0 Å². The summed E-state index contributed by atoms with van der Waals surface area (Å²) in [4.78, 5) is 2.35. The predicted octanol–water partition coefficient (Wildman–Crippen LogP) is 11.6. The Hall–Kier alpha value is -5.86. The van der Waals surface area contributed by atoms with E-state index in [0.29, 0.717) is 0 Å². The highest BCUT2D eigenvalue weighted by Gasteiger charge is 2.17. The van der Waals surface area contributed by atoms with Crippen LogP contribution in [-0.2, 0) is 0 Å². The van der Waals surface area contributed by atoms with Crippen LogP contribution in [0.2, 0.25) is 0 Å². The summed E-state index contributed by atoms with van der Waals surface area (Å²) < 4.78 is 2.36. The Morgan fingerprint density at radius 1 is 0.364 bits per heavy atom. The fraction of sp³-hybridized carbons (Fsp3) is 0. The van der Waals surface area contributed by atoms with Gasteiger partial charge in [-0.25, -0.2) is 0 Å². The quantitative estimate of drug-likeness (QED) is 0.196. The third-order valence-corrected chi connectivity index (χ3v) is 8.39. The zero-order valence-corrected chi connectivity index (χ0v) is 24.2. The van der Waals surface area contributed by atoms with Crippen LogP contribution in [-0.4, -0.2) is 4.57 Å². The zero-order chi connectivity index (χ0) is 29.3. The summed E-state index contributed by atoms with van der Waals surface area (Å²) in [7, 11) is 0. The lowest BCUT2D eigenvalue weighted by Crippen LogP contribution is -2.11. The lowest BCUT2D eigenvalue weighted by Gasteiger charge is -2.28. The second-order valence-corrected chi connectivity index (χ2v) is 11.0. The van der Waals surface area contributed by atoms with Gasteiger partial charge in [0.15, 0.2) is 0 Å². The molecule has 8 aromatic rings. The summed E-state index contributed by atoms with van der Waals surface area (Å²) >= 11 is 0. The van der Waals surface area contributed by atoms with Crippen LogP contribution in [0.5, 0.6) is 0 Å². The number of benzene rings is 7. The maximum Gasteiger partial charge on any atom is 0.0541 e. The van der Waals surface area contributed by atoms with E-state index in [0.717, 1.165) is 17.1 Å². The standard InChI is InChI=1S/C42H30N2/c1-4-14-32(15-5-1)37-20-10-12-22-40(37)43(34-16-6-2-7-17-34)36-27-24-31(25-28-36)33-26-29-42-39(30-33)38-21-11-13-23-41(38)44(42)35-18-8-3-9-19-35/h1-30H. The topological polar surface area (TPSA) is 8.17 Å². The van der Waals surface area contributed by atoms with Gasteiger partial charge in [-0.05, 0) is 77.4 Å². The van der Waals surface area contributed by atoms with Crippen molar-refractivity contribution in [1.29, 1.82) is 0 Å². The summed E-state index contributed by atoms with van der Waals surface area (Å²) in [5.74, 6) is 0. The van der Waals surface area contributed by atoms with Gasteiger partial charge in [0.25, 0.3) is 0 Å². The van der Waals surface area contributed by atoms with E-state index in [1.165, 1.54) is 49.7 Å². The molecule has 0 saturated heterocycles. The van der Waals surface area contributed by atoms with Gasteiger partial charge in [0.2, 0.25) is 0 Å². The van der Waals surface area contributed by atoms with Crippen molar-refractivity contribution >= 4 is 38.9 Å². The first-order chi connectivity index (χ1) is 21.8. The van der Waals surface area contributed by atoms with Crippen LogP contribution in [0.3, 0.4) is 0 Å². The molecule has 2 nitrogen and oxygen atoms in total. The van der Waals surface area contributed by atoms with Crippen molar-refractivity contribution in [3.63, 3.8) is 0 Å². The first-order valence-electron chi connectivity index (χ1n) is 15.0. The number of rotatable bonds is 6. The van der Waals surface area contributed by atoms with E-state index >= 15 is 0 Å². The van der Waals surface area contributed by atoms with Crippen molar-refractivity contribution in [3.8, 4) is 27.9 Å². The van der Waals surface area contributed by atoms with E-state index in [1.54, 1.807) is 0 Å². The van der Waals surface area contributed by atoms with E-state index in [9.17, 15) is 0 Å². The summed E-state index contributed by atoms with van der Waals surface area (Å²) in [6.07, 6.45) is 0. The molecule has 0 amide bonds. The maximum absolute atomic E-state index is 2.36. The van der Waals surface area contributed by atoms with Gasteiger partial charge in [0, 0.05) is 33.4 Å². The molecule has 2 heteroatoms. The van der Waals surface area contributed by atoms with E-state index in [4.69, 9.17) is 0 Å². The number of anilines is 3. The molecule has 0 unspecified atom stereocenters. The Bertz CT molecular complexity index is 2200. The van der Waals surface area contributed by atoms with E-state index in [1.807, 2.05) is 0 Å². The highest BCUT2D eigenvalue weighted by atomic mass is 15.1. The average Bonchev–Trinajstić information content (AvgIpc) is 3.44. The number of hydrogen-bond donors (Lipinski definition) is 0. The molecular weight excluding hydrogens is 532 g/mol. The highest BCUT2D eigenvalue weighted by Crippen LogP contribution is 2.41. The van der Waals surface area contributed by atoms with Crippen LogP contribution in [0.1, 0.15) is 0 Å². The van der Waals surface area contributed by atoms with Crippen LogP contribution >= 0.6 is 0 Å². The molecule has 0 spiro atoms. The number of fused-ring (bicyclic) bond motifs is 3. The molecule has 0 fully saturated rings. The molecule has 1 aromatic heterocycles. The third-order valence-electron chi connectivity index (χ3n) is 8.39. The van der Waals surface area contributed by atoms with Gasteiger partial charge in [-0.2, -0.15) is 0 Å². The van der Waals surface area contributed by atoms with Gasteiger partial charge >= 0.3 is 0 Å². The molecule has 1 heterocycles. The largest absolute Gasteiger partial charge is 0.310 e. The second kappa shape index (κ2) is 11.1. The van der Waals surface area contributed by atoms with Gasteiger partial charge in [0.1, 0.15) is 0 Å². The summed E-state index contributed by atoms with van der Waals surface area (Å²) in [5.41, 5.74) is 11.8. The molecule has 7 aromatic carbocycles. The first-order valence-corrected chi connectivity index (χ1v) is 15.0. The Balaban J connectivity index is 1.23. The minimum absolute atomic E-state index is 1.12. The molecule has 0 aliphatic rings. The van der Waals surface area contributed by atoms with E-state index < -0.39 is 0 Å². The monoisotopic (exact) mass is 562 g/mol. The Labute approximate surface area is 257 Å². The molecule has 0 atom stereocenters. The van der Waals surface area contributed by atoms with Gasteiger partial charge < -0.3 is 9.47 Å². The van der Waals surface area contributed by atoms with Crippen LogP contribution in [0.4, 0.5) is 17.1 Å². The van der Waals surface area contributed by atoms with Crippen LogP contribution < -0.4 is 4.90 Å². The molecule has 0 saturated carbocycles. The van der Waals surface area contributed by atoms with Gasteiger partial charge in [-0.1, -0.05) is 121 Å². The molecule has 8 rings (SSSR count). The molecule has 0 N–H and O–H groups in total. The Morgan fingerprint density at radius 2 is 0.932 bits per heavy atom. The molecule has 208 valence electrons. The maximum atomic E-state index is 2.36. The number of nitrogens with zero attached hydrogens (tertiary/aromatic N) is 2. The average molecular weight is 563 g/mol. The summed E-state index contributed by atoms with van der Waals surface area (Å²) in [5, 5.41) is 2.52. The Morgan fingerprint density at radius 3 is 1.70 bits per heavy atom. The normalized spacial score (nSPS) is 11.2. The lowest BCUT2D eigenvalue weighted by atomic mass is 10.0. The minimum atomic E-state index is 1.12.